The number of hydrogen-bond acceptors (Lipinski definition) is 6. The van der Waals surface area contributed by atoms with Gasteiger partial charge in [0, 0.05) is 11.1 Å². The SMILES string of the molecule is Cc1cc(NCc2nc(CO)cs2)c(C#N)c(C)n1. The minimum absolute atomic E-state index is 0.0482. The summed E-state index contributed by atoms with van der Waals surface area (Å²) in [7, 11) is 0. The summed E-state index contributed by atoms with van der Waals surface area (Å²) in [5.41, 5.74) is 3.59. The number of hydrogen-bond donors (Lipinski definition) is 2. The third kappa shape index (κ3) is 3.08. The van der Waals surface area contributed by atoms with Gasteiger partial charge in [-0.1, -0.05) is 0 Å². The van der Waals surface area contributed by atoms with Crippen LogP contribution in [0.5, 0.6) is 0 Å². The molecule has 0 spiro atoms. The lowest BCUT2D eigenvalue weighted by atomic mass is 10.1. The zero-order chi connectivity index (χ0) is 13.8. The lowest BCUT2D eigenvalue weighted by Crippen LogP contribution is -2.04. The van der Waals surface area contributed by atoms with Crippen molar-refractivity contribution in [1.82, 2.24) is 9.97 Å². The maximum atomic E-state index is 9.15. The van der Waals surface area contributed by atoms with Gasteiger partial charge < -0.3 is 10.4 Å². The summed E-state index contributed by atoms with van der Waals surface area (Å²) in [6.45, 7) is 4.20. The van der Waals surface area contributed by atoms with Crippen molar-refractivity contribution in [2.45, 2.75) is 27.0 Å². The fraction of sp³-hybridized carbons (Fsp3) is 0.308. The predicted molar refractivity (Wildman–Crippen MR) is 73.8 cm³/mol. The Hall–Kier alpha value is -1.97. The third-order valence-corrected chi connectivity index (χ3v) is 3.53. The number of thiazole rings is 1. The summed E-state index contributed by atoms with van der Waals surface area (Å²) in [6.07, 6.45) is 0. The quantitative estimate of drug-likeness (QED) is 0.892. The topological polar surface area (TPSA) is 81.8 Å². The standard InChI is InChI=1S/C13H14N4OS/c1-8-3-12(11(4-14)9(2)16-8)15-5-13-17-10(6-18)7-19-13/h3,7,18H,5-6H2,1-2H3,(H,15,16). The van der Waals surface area contributed by atoms with Gasteiger partial charge in [0.1, 0.15) is 11.1 Å². The van der Waals surface area contributed by atoms with E-state index in [1.54, 1.807) is 0 Å². The molecule has 2 aromatic heterocycles. The number of aliphatic hydroxyl groups is 1. The summed E-state index contributed by atoms with van der Waals surface area (Å²) >= 11 is 1.48. The summed E-state index contributed by atoms with van der Waals surface area (Å²) < 4.78 is 0. The van der Waals surface area contributed by atoms with Crippen LogP contribution >= 0.6 is 11.3 Å². The van der Waals surface area contributed by atoms with Gasteiger partial charge in [-0.25, -0.2) is 4.98 Å². The maximum Gasteiger partial charge on any atom is 0.112 e. The predicted octanol–water partition coefficient (Wildman–Crippen LogP) is 2.13. The molecule has 0 amide bonds. The Morgan fingerprint density at radius 1 is 1.42 bits per heavy atom. The molecule has 19 heavy (non-hydrogen) atoms. The Balaban J connectivity index is 2.17. The van der Waals surface area contributed by atoms with Crippen LogP contribution in [0.3, 0.4) is 0 Å². The van der Waals surface area contributed by atoms with E-state index in [2.05, 4.69) is 21.4 Å². The molecule has 2 heterocycles. The Kier molecular flexibility index (Phi) is 4.10. The van der Waals surface area contributed by atoms with E-state index in [-0.39, 0.29) is 6.61 Å². The van der Waals surface area contributed by atoms with Crippen LogP contribution in [0.2, 0.25) is 0 Å². The van der Waals surface area contributed by atoms with Gasteiger partial charge >= 0.3 is 0 Å². The largest absolute Gasteiger partial charge is 0.390 e. The minimum atomic E-state index is -0.0482. The van der Waals surface area contributed by atoms with Crippen LogP contribution in [0, 0.1) is 25.2 Å². The lowest BCUT2D eigenvalue weighted by Gasteiger charge is -2.09. The van der Waals surface area contributed by atoms with Gasteiger partial charge in [-0.3, -0.25) is 4.98 Å². The van der Waals surface area contributed by atoms with Crippen molar-refractivity contribution in [2.75, 3.05) is 5.32 Å². The van der Waals surface area contributed by atoms with E-state index in [1.807, 2.05) is 25.3 Å². The Labute approximate surface area is 115 Å². The van der Waals surface area contributed by atoms with Crippen LogP contribution in [-0.2, 0) is 13.2 Å². The average Bonchev–Trinajstić information content (AvgIpc) is 2.83. The van der Waals surface area contributed by atoms with Crippen molar-refractivity contribution in [2.24, 2.45) is 0 Å². The van der Waals surface area contributed by atoms with Crippen molar-refractivity contribution in [3.63, 3.8) is 0 Å². The second kappa shape index (κ2) is 5.78. The molecular weight excluding hydrogens is 260 g/mol. The van der Waals surface area contributed by atoms with Crippen LogP contribution in [0.1, 0.15) is 27.7 Å². The molecule has 2 rings (SSSR count). The number of aromatic nitrogens is 2. The zero-order valence-corrected chi connectivity index (χ0v) is 11.6. The number of pyridine rings is 1. The second-order valence-electron chi connectivity index (χ2n) is 4.13. The van der Waals surface area contributed by atoms with E-state index in [4.69, 9.17) is 10.4 Å². The molecule has 0 unspecified atom stereocenters. The van der Waals surface area contributed by atoms with Gasteiger partial charge in [0.15, 0.2) is 0 Å². The first-order valence-electron chi connectivity index (χ1n) is 5.80. The Bertz CT molecular complexity index is 630. The van der Waals surface area contributed by atoms with Gasteiger partial charge in [0.2, 0.25) is 0 Å². The highest BCUT2D eigenvalue weighted by molar-refractivity contribution is 7.09. The van der Waals surface area contributed by atoms with Crippen molar-refractivity contribution in [3.05, 3.63) is 39.1 Å². The van der Waals surface area contributed by atoms with Gasteiger partial charge in [0.05, 0.1) is 35.8 Å². The first-order chi connectivity index (χ1) is 9.13. The second-order valence-corrected chi connectivity index (χ2v) is 5.07. The van der Waals surface area contributed by atoms with E-state index in [0.29, 0.717) is 17.8 Å². The summed E-state index contributed by atoms with van der Waals surface area (Å²) in [6, 6.07) is 4.02. The van der Waals surface area contributed by atoms with E-state index >= 15 is 0 Å². The minimum Gasteiger partial charge on any atom is -0.390 e. The molecule has 0 aliphatic heterocycles. The fourth-order valence-electron chi connectivity index (χ4n) is 1.78. The summed E-state index contributed by atoms with van der Waals surface area (Å²) in [4.78, 5) is 8.52. The molecule has 0 bridgehead atoms. The fourth-order valence-corrected chi connectivity index (χ4v) is 2.51. The molecule has 0 aliphatic rings. The van der Waals surface area contributed by atoms with Crippen LogP contribution in [-0.4, -0.2) is 15.1 Å². The van der Waals surface area contributed by atoms with Gasteiger partial charge in [-0.05, 0) is 19.9 Å². The summed E-state index contributed by atoms with van der Waals surface area (Å²) in [5, 5.41) is 24.0. The number of anilines is 1. The van der Waals surface area contributed by atoms with Crippen LogP contribution in [0.25, 0.3) is 0 Å². The molecule has 0 aromatic carbocycles. The number of nitrogens with zero attached hydrogens (tertiary/aromatic N) is 3. The van der Waals surface area contributed by atoms with Crippen molar-refractivity contribution in [1.29, 1.82) is 5.26 Å². The number of nitrogens with one attached hydrogen (secondary N) is 1. The molecule has 6 heteroatoms. The van der Waals surface area contributed by atoms with Crippen molar-refractivity contribution < 1.29 is 5.11 Å². The number of nitriles is 1. The van der Waals surface area contributed by atoms with E-state index in [9.17, 15) is 0 Å². The lowest BCUT2D eigenvalue weighted by molar-refractivity contribution is 0.277. The molecule has 0 aliphatic carbocycles. The van der Waals surface area contributed by atoms with Gasteiger partial charge in [0.25, 0.3) is 0 Å². The van der Waals surface area contributed by atoms with Crippen molar-refractivity contribution in [3.8, 4) is 6.07 Å². The average molecular weight is 274 g/mol. The van der Waals surface area contributed by atoms with Crippen molar-refractivity contribution >= 4 is 17.0 Å². The number of aliphatic hydroxyl groups excluding tert-OH is 1. The van der Waals surface area contributed by atoms with E-state index in [1.165, 1.54) is 11.3 Å². The first kappa shape index (κ1) is 13.5. The molecular formula is C13H14N4OS. The van der Waals surface area contributed by atoms with Crippen LogP contribution in [0.15, 0.2) is 11.4 Å². The highest BCUT2D eigenvalue weighted by Crippen LogP contribution is 2.20. The molecule has 5 nitrogen and oxygen atoms in total. The number of aryl methyl sites for hydroxylation is 2. The van der Waals surface area contributed by atoms with Crippen LogP contribution < -0.4 is 5.32 Å². The molecule has 2 aromatic rings. The normalized spacial score (nSPS) is 10.2. The molecule has 0 atom stereocenters. The number of rotatable bonds is 4. The Morgan fingerprint density at radius 3 is 2.84 bits per heavy atom. The van der Waals surface area contributed by atoms with E-state index < -0.39 is 0 Å². The molecule has 0 fully saturated rings. The Morgan fingerprint density at radius 2 is 2.21 bits per heavy atom. The molecule has 98 valence electrons. The van der Waals surface area contributed by atoms with Gasteiger partial charge in [-0.2, -0.15) is 5.26 Å². The van der Waals surface area contributed by atoms with Crippen LogP contribution in [0.4, 0.5) is 5.69 Å². The third-order valence-electron chi connectivity index (χ3n) is 2.63. The highest BCUT2D eigenvalue weighted by Gasteiger charge is 2.08. The molecule has 2 N–H and O–H groups in total. The monoisotopic (exact) mass is 274 g/mol. The first-order valence-corrected chi connectivity index (χ1v) is 6.68. The molecule has 0 radical (unpaired) electrons. The maximum absolute atomic E-state index is 9.15. The van der Waals surface area contributed by atoms with Gasteiger partial charge in [-0.15, -0.1) is 11.3 Å². The highest BCUT2D eigenvalue weighted by atomic mass is 32.1. The molecule has 0 saturated heterocycles. The molecule has 0 saturated carbocycles. The summed E-state index contributed by atoms with van der Waals surface area (Å²) in [5.74, 6) is 0. The zero-order valence-electron chi connectivity index (χ0n) is 10.8. The van der Waals surface area contributed by atoms with E-state index in [0.717, 1.165) is 22.1 Å². The smallest absolute Gasteiger partial charge is 0.112 e.